The topological polar surface area (TPSA) is 206 Å². The zero-order chi connectivity index (χ0) is 36.5. The highest BCUT2D eigenvalue weighted by molar-refractivity contribution is 7.86. The van der Waals surface area contributed by atoms with Gasteiger partial charge in [0.2, 0.25) is 0 Å². The SMILES string of the molecule is CC1N=c2c(cc3c(c2S(=O)(=O)O)Oc2c(cc4c(c2S(=O)(=O)O)NC(C)C4(C)C)C=3c2ccc(C(=O)ON3C(=O)CCC3=O)cc2)C1(C)C. The van der Waals surface area contributed by atoms with E-state index in [1.807, 2.05) is 34.6 Å². The summed E-state index contributed by atoms with van der Waals surface area (Å²) in [6, 6.07) is 8.44. The van der Waals surface area contributed by atoms with Crippen molar-refractivity contribution >= 4 is 49.3 Å². The summed E-state index contributed by atoms with van der Waals surface area (Å²) in [5.74, 6) is -3.05. The second-order valence-corrected chi connectivity index (χ2v) is 16.8. The molecular weight excluding hydrogens is 691 g/mol. The minimum Gasteiger partial charge on any atom is -0.453 e. The van der Waals surface area contributed by atoms with Crippen LogP contribution in [0.3, 0.4) is 0 Å². The van der Waals surface area contributed by atoms with Crippen molar-refractivity contribution in [3.8, 4) is 11.5 Å². The minimum atomic E-state index is -5.06. The monoisotopic (exact) mass is 723 g/mol. The molecule has 0 bridgehead atoms. The highest BCUT2D eigenvalue weighted by atomic mass is 32.2. The van der Waals surface area contributed by atoms with Gasteiger partial charge in [-0.25, -0.2) is 4.79 Å². The maximum absolute atomic E-state index is 13.2. The molecule has 3 aromatic rings. The lowest BCUT2D eigenvalue weighted by Gasteiger charge is -2.29. The van der Waals surface area contributed by atoms with Crippen molar-refractivity contribution in [1.82, 2.24) is 5.06 Å². The number of imide groups is 1. The number of hydroxylamine groups is 2. The van der Waals surface area contributed by atoms with Gasteiger partial charge in [-0.1, -0.05) is 39.8 Å². The number of fused-ring (bicyclic) bond motifs is 4. The lowest BCUT2D eigenvalue weighted by molar-refractivity contribution is -0.172. The number of benzene rings is 3. The summed E-state index contributed by atoms with van der Waals surface area (Å²) in [5.41, 5.74) is 0.574. The lowest BCUT2D eigenvalue weighted by Crippen LogP contribution is -2.33. The highest BCUT2D eigenvalue weighted by Crippen LogP contribution is 2.52. The molecule has 16 heteroatoms. The van der Waals surface area contributed by atoms with Crippen molar-refractivity contribution in [1.29, 1.82) is 0 Å². The van der Waals surface area contributed by atoms with E-state index in [4.69, 9.17) is 9.57 Å². The number of nitrogens with zero attached hydrogens (tertiary/aromatic N) is 2. The van der Waals surface area contributed by atoms with Crippen LogP contribution in [0.4, 0.5) is 5.69 Å². The van der Waals surface area contributed by atoms with Gasteiger partial charge in [-0.3, -0.25) is 23.7 Å². The van der Waals surface area contributed by atoms with Crippen molar-refractivity contribution in [2.45, 2.75) is 87.1 Å². The zero-order valence-electron chi connectivity index (χ0n) is 27.8. The third kappa shape index (κ3) is 4.87. The Balaban J connectivity index is 1.56. The van der Waals surface area contributed by atoms with Gasteiger partial charge < -0.3 is 14.9 Å². The van der Waals surface area contributed by atoms with E-state index in [0.29, 0.717) is 21.8 Å². The first-order valence-electron chi connectivity index (χ1n) is 15.7. The number of hydrogen-bond donors (Lipinski definition) is 3. The predicted molar refractivity (Wildman–Crippen MR) is 177 cm³/mol. The molecule has 262 valence electrons. The molecule has 50 heavy (non-hydrogen) atoms. The third-order valence-corrected chi connectivity index (χ3v) is 12.3. The molecule has 1 fully saturated rings. The number of hydrogen-bond acceptors (Lipinski definition) is 11. The van der Waals surface area contributed by atoms with Crippen LogP contribution in [0.15, 0.2) is 51.2 Å². The van der Waals surface area contributed by atoms with Gasteiger partial charge in [0.05, 0.1) is 22.6 Å². The van der Waals surface area contributed by atoms with Crippen LogP contribution in [-0.2, 0) is 45.5 Å². The van der Waals surface area contributed by atoms with E-state index in [1.165, 1.54) is 24.3 Å². The molecule has 1 saturated heterocycles. The molecule has 4 heterocycles. The molecule has 3 aromatic carbocycles. The average molecular weight is 724 g/mol. The second-order valence-electron chi connectivity index (χ2n) is 14.1. The molecule has 2 atom stereocenters. The number of carbonyl (C=O) groups is 3. The molecule has 4 aliphatic rings. The molecule has 3 N–H and O–H groups in total. The van der Waals surface area contributed by atoms with Crippen LogP contribution in [-0.4, -0.2) is 60.9 Å². The number of rotatable bonds is 5. The lowest BCUT2D eigenvalue weighted by atomic mass is 9.78. The van der Waals surface area contributed by atoms with E-state index < -0.39 is 70.4 Å². The standard InChI is InChI=1S/C34H33N3O11S2/c1-15-33(3,4)21-13-19-25(17-7-9-18(10-8-17)32(40)48-37-23(38)11-12-24(37)39)20-14-22-27(36-16(2)34(22,5)6)31(50(44,45)46)29(20)47-28(19)30(26(21)35-15)49(41,42)43/h7-10,13-16,35H,11-12H2,1-6H3,(H,41,42,43)(H,44,45,46). The minimum absolute atomic E-state index is 0.0255. The van der Waals surface area contributed by atoms with Gasteiger partial charge in [-0.05, 0) is 54.8 Å². The summed E-state index contributed by atoms with van der Waals surface area (Å²) in [7, 11) is -10.1. The quantitative estimate of drug-likeness (QED) is 0.201. The Bertz CT molecular complexity index is 2440. The first kappa shape index (κ1) is 33.8. The summed E-state index contributed by atoms with van der Waals surface area (Å²) in [6.45, 7) is 11.2. The number of anilines is 1. The van der Waals surface area contributed by atoms with Crippen molar-refractivity contribution < 1.29 is 49.9 Å². The van der Waals surface area contributed by atoms with Crippen LogP contribution in [0.25, 0.3) is 5.57 Å². The van der Waals surface area contributed by atoms with E-state index in [0.717, 1.165) is 0 Å². The summed E-state index contributed by atoms with van der Waals surface area (Å²) in [6.07, 6.45) is -0.161. The van der Waals surface area contributed by atoms with E-state index in [2.05, 4.69) is 10.3 Å². The van der Waals surface area contributed by atoms with E-state index in [1.54, 1.807) is 19.1 Å². The van der Waals surface area contributed by atoms with E-state index in [9.17, 15) is 40.3 Å². The largest absolute Gasteiger partial charge is 0.453 e. The fourth-order valence-corrected chi connectivity index (χ4v) is 8.54. The number of amides is 2. The molecule has 0 spiro atoms. The number of carbonyl (C=O) groups excluding carboxylic acids is 3. The molecule has 0 saturated carbocycles. The molecule has 14 nitrogen and oxygen atoms in total. The molecule has 0 aromatic heterocycles. The van der Waals surface area contributed by atoms with Gasteiger partial charge in [-0.15, -0.1) is 5.06 Å². The second kappa shape index (κ2) is 10.7. The summed E-state index contributed by atoms with van der Waals surface area (Å²) < 4.78 is 80.2. The van der Waals surface area contributed by atoms with Crippen LogP contribution in [0.2, 0.25) is 0 Å². The highest BCUT2D eigenvalue weighted by Gasteiger charge is 2.45. The molecule has 4 aliphatic heterocycles. The molecule has 0 radical (unpaired) electrons. The Kier molecular flexibility index (Phi) is 7.23. The Labute approximate surface area is 287 Å². The van der Waals surface area contributed by atoms with Crippen molar-refractivity contribution in [2.75, 3.05) is 5.32 Å². The molecule has 2 unspecified atom stereocenters. The van der Waals surface area contributed by atoms with Gasteiger partial charge in [0, 0.05) is 46.1 Å². The summed E-state index contributed by atoms with van der Waals surface area (Å²) in [5, 5.41) is 3.71. The van der Waals surface area contributed by atoms with Gasteiger partial charge in [0.25, 0.3) is 32.1 Å². The van der Waals surface area contributed by atoms with Crippen LogP contribution >= 0.6 is 0 Å². The predicted octanol–water partition coefficient (Wildman–Crippen LogP) is 3.14. The smallest absolute Gasteiger partial charge is 0.363 e. The van der Waals surface area contributed by atoms with Crippen LogP contribution in [0.5, 0.6) is 11.5 Å². The van der Waals surface area contributed by atoms with E-state index in [-0.39, 0.29) is 57.6 Å². The number of nitrogens with one attached hydrogen (secondary N) is 1. The number of ether oxygens (including phenoxy) is 1. The van der Waals surface area contributed by atoms with Gasteiger partial charge in [0.1, 0.15) is 0 Å². The third-order valence-electron chi connectivity index (χ3n) is 10.5. The Morgan fingerprint density at radius 2 is 1.50 bits per heavy atom. The van der Waals surface area contributed by atoms with Gasteiger partial charge in [0.15, 0.2) is 21.3 Å². The molecule has 7 rings (SSSR count). The van der Waals surface area contributed by atoms with Crippen LogP contribution in [0, 0.1) is 0 Å². The summed E-state index contributed by atoms with van der Waals surface area (Å²) >= 11 is 0. The Morgan fingerprint density at radius 1 is 0.900 bits per heavy atom. The van der Waals surface area contributed by atoms with Crippen molar-refractivity contribution in [3.63, 3.8) is 0 Å². The zero-order valence-corrected chi connectivity index (χ0v) is 29.4. The van der Waals surface area contributed by atoms with Gasteiger partial charge in [-0.2, -0.15) is 16.8 Å². The molecule has 0 aliphatic carbocycles. The first-order valence-corrected chi connectivity index (χ1v) is 18.6. The van der Waals surface area contributed by atoms with Crippen LogP contribution < -0.4 is 20.6 Å². The molecule has 2 amide bonds. The maximum atomic E-state index is 13.2. The van der Waals surface area contributed by atoms with E-state index >= 15 is 0 Å². The first-order chi connectivity index (χ1) is 23.1. The fourth-order valence-electron chi connectivity index (χ4n) is 6.94. The normalized spacial score (nSPS) is 21.4. The van der Waals surface area contributed by atoms with Crippen molar-refractivity contribution in [2.24, 2.45) is 4.99 Å². The Hall–Kier alpha value is -4.64. The van der Waals surface area contributed by atoms with Gasteiger partial charge >= 0.3 is 5.97 Å². The molecular formula is C34H33N3O11S2. The van der Waals surface area contributed by atoms with Crippen LogP contribution in [0.1, 0.15) is 87.0 Å². The maximum Gasteiger partial charge on any atom is 0.363 e. The average Bonchev–Trinajstić information content (AvgIpc) is 3.53. The fraction of sp³-hybridized carbons (Fsp3) is 0.353. The van der Waals surface area contributed by atoms with Crippen molar-refractivity contribution in [3.05, 3.63) is 74.8 Å². The summed E-state index contributed by atoms with van der Waals surface area (Å²) in [4.78, 5) is 45.3. The Morgan fingerprint density at radius 3 is 2.08 bits per heavy atom.